The third-order valence-electron chi connectivity index (χ3n) is 6.17. The van der Waals surface area contributed by atoms with Gasteiger partial charge in [0.25, 0.3) is 5.91 Å². The summed E-state index contributed by atoms with van der Waals surface area (Å²) in [5.74, 6) is -0.533. The second-order valence-corrected chi connectivity index (χ2v) is 9.69. The molecule has 1 aliphatic carbocycles. The predicted molar refractivity (Wildman–Crippen MR) is 127 cm³/mol. The molecular formula is C26H27ClN2O3. The molecule has 1 fully saturated rings. The van der Waals surface area contributed by atoms with E-state index >= 15 is 0 Å². The van der Waals surface area contributed by atoms with E-state index in [1.165, 1.54) is 0 Å². The van der Waals surface area contributed by atoms with Gasteiger partial charge in [-0.2, -0.15) is 0 Å². The monoisotopic (exact) mass is 450 g/mol. The highest BCUT2D eigenvalue weighted by Gasteiger charge is 2.47. The Kier molecular flexibility index (Phi) is 5.95. The summed E-state index contributed by atoms with van der Waals surface area (Å²) in [4.78, 5) is 31.7. The number of aliphatic imine (C=N–C) groups is 1. The number of anilines is 1. The first-order chi connectivity index (χ1) is 15.2. The van der Waals surface area contributed by atoms with Crippen molar-refractivity contribution in [2.24, 2.45) is 16.3 Å². The lowest BCUT2D eigenvalue weighted by Gasteiger charge is -2.41. The molecule has 1 aliphatic heterocycles. The summed E-state index contributed by atoms with van der Waals surface area (Å²) in [6.07, 6.45) is 1.17. The molecule has 0 radical (unpaired) electrons. The van der Waals surface area contributed by atoms with Gasteiger partial charge >= 0.3 is 0 Å². The molecule has 166 valence electrons. The van der Waals surface area contributed by atoms with Crippen LogP contribution < -0.4 is 10.1 Å². The van der Waals surface area contributed by atoms with Gasteiger partial charge in [-0.05, 0) is 48.6 Å². The molecule has 2 aromatic carbocycles. The number of carbonyl (C=O) groups excluding carboxylic acids is 2. The first kappa shape index (κ1) is 22.3. The number of nitrogens with one attached hydrogen (secondary N) is 1. The maximum Gasteiger partial charge on any atom is 0.254 e. The molecule has 1 saturated carbocycles. The van der Waals surface area contributed by atoms with Crippen molar-refractivity contribution in [3.8, 4) is 5.75 Å². The summed E-state index contributed by atoms with van der Waals surface area (Å²) in [6.45, 7) is 6.01. The van der Waals surface area contributed by atoms with Crippen LogP contribution in [0.5, 0.6) is 5.75 Å². The number of para-hydroxylation sites is 2. The number of halogens is 1. The Bertz CT molecular complexity index is 1150. The minimum atomic E-state index is -0.469. The average Bonchev–Trinajstić information content (AvgIpc) is 2.72. The molecule has 1 amide bonds. The number of allylic oxidation sites excluding steroid dienone is 1. The van der Waals surface area contributed by atoms with E-state index in [0.717, 1.165) is 17.7 Å². The van der Waals surface area contributed by atoms with Gasteiger partial charge in [0.2, 0.25) is 0 Å². The lowest BCUT2D eigenvalue weighted by molar-refractivity contribution is -0.124. The fourth-order valence-electron chi connectivity index (χ4n) is 4.89. The Hall–Kier alpha value is -2.92. The SMILES string of the molecule is COc1ccccc1NC(=O)C1=C(C)N=C2CC(C)(C)CC(=O)[C@@H]2[C@H]1c1cccc(Cl)c1. The number of hydrogen-bond donors (Lipinski definition) is 1. The van der Waals surface area contributed by atoms with Gasteiger partial charge < -0.3 is 10.1 Å². The Morgan fingerprint density at radius 3 is 2.59 bits per heavy atom. The van der Waals surface area contributed by atoms with Gasteiger partial charge in [-0.1, -0.05) is 49.7 Å². The van der Waals surface area contributed by atoms with Crippen molar-refractivity contribution in [2.45, 2.75) is 39.5 Å². The summed E-state index contributed by atoms with van der Waals surface area (Å²) < 4.78 is 5.38. The number of rotatable bonds is 4. The third-order valence-corrected chi connectivity index (χ3v) is 6.41. The quantitative estimate of drug-likeness (QED) is 0.639. The van der Waals surface area contributed by atoms with Crippen LogP contribution in [0, 0.1) is 11.3 Å². The molecular weight excluding hydrogens is 424 g/mol. The summed E-state index contributed by atoms with van der Waals surface area (Å²) >= 11 is 6.31. The summed E-state index contributed by atoms with van der Waals surface area (Å²) in [5, 5.41) is 3.53. The van der Waals surface area contributed by atoms with Crippen LogP contribution in [0.25, 0.3) is 0 Å². The minimum Gasteiger partial charge on any atom is -0.495 e. The molecule has 0 spiro atoms. The number of ketones is 1. The van der Waals surface area contributed by atoms with Crippen molar-refractivity contribution in [1.29, 1.82) is 0 Å². The number of Topliss-reactive ketones (excluding diaryl/α,β-unsaturated/α-hetero) is 1. The molecule has 2 aliphatic rings. The Morgan fingerprint density at radius 1 is 1.12 bits per heavy atom. The van der Waals surface area contributed by atoms with Crippen LogP contribution in [0.15, 0.2) is 64.8 Å². The molecule has 2 atom stereocenters. The van der Waals surface area contributed by atoms with Crippen molar-refractivity contribution >= 4 is 34.7 Å². The van der Waals surface area contributed by atoms with Crippen molar-refractivity contribution in [3.05, 3.63) is 70.4 Å². The van der Waals surface area contributed by atoms with Crippen molar-refractivity contribution in [3.63, 3.8) is 0 Å². The van der Waals surface area contributed by atoms with Gasteiger partial charge in [0.15, 0.2) is 0 Å². The first-order valence-electron chi connectivity index (χ1n) is 10.7. The molecule has 32 heavy (non-hydrogen) atoms. The fourth-order valence-corrected chi connectivity index (χ4v) is 5.09. The van der Waals surface area contributed by atoms with Gasteiger partial charge in [0, 0.05) is 34.3 Å². The molecule has 0 aromatic heterocycles. The van der Waals surface area contributed by atoms with Crippen LogP contribution in [0.3, 0.4) is 0 Å². The number of methoxy groups -OCH3 is 1. The molecule has 0 unspecified atom stereocenters. The first-order valence-corrected chi connectivity index (χ1v) is 11.1. The standard InChI is InChI=1S/C26H27ClN2O3/c1-15-22(25(31)29-18-10-5-6-11-21(18)32-4)23(16-8-7-9-17(27)12-16)24-19(28-15)13-26(2,3)14-20(24)30/h5-12,23-24H,13-14H2,1-4H3,(H,29,31)/t23-,24+/m0/s1. The second-order valence-electron chi connectivity index (χ2n) is 9.25. The van der Waals surface area contributed by atoms with Crippen molar-refractivity contribution in [2.75, 3.05) is 12.4 Å². The summed E-state index contributed by atoms with van der Waals surface area (Å²) in [6, 6.07) is 14.7. The molecule has 1 heterocycles. The third kappa shape index (κ3) is 4.22. The van der Waals surface area contributed by atoms with E-state index in [1.807, 2.05) is 37.3 Å². The van der Waals surface area contributed by atoms with E-state index < -0.39 is 11.8 Å². The highest BCUT2D eigenvalue weighted by atomic mass is 35.5. The average molecular weight is 451 g/mol. The van der Waals surface area contributed by atoms with Crippen LogP contribution in [0.2, 0.25) is 5.02 Å². The number of ether oxygens (including phenoxy) is 1. The van der Waals surface area contributed by atoms with E-state index in [2.05, 4.69) is 19.2 Å². The van der Waals surface area contributed by atoms with Crippen molar-refractivity contribution in [1.82, 2.24) is 0 Å². The normalized spacial score (nSPS) is 22.2. The van der Waals surface area contributed by atoms with Gasteiger partial charge in [-0.25, -0.2) is 0 Å². The smallest absolute Gasteiger partial charge is 0.254 e. The largest absolute Gasteiger partial charge is 0.495 e. The zero-order chi connectivity index (χ0) is 23.0. The van der Waals surface area contributed by atoms with Crippen LogP contribution in [0.1, 0.15) is 45.1 Å². The number of fused-ring (bicyclic) bond motifs is 1. The maximum absolute atomic E-state index is 13.6. The number of amides is 1. The fraction of sp³-hybridized carbons (Fsp3) is 0.346. The highest BCUT2D eigenvalue weighted by molar-refractivity contribution is 6.30. The Morgan fingerprint density at radius 2 is 1.88 bits per heavy atom. The minimum absolute atomic E-state index is 0.111. The zero-order valence-electron chi connectivity index (χ0n) is 18.7. The Labute approximate surface area is 193 Å². The molecule has 6 heteroatoms. The number of carbonyl (C=O) groups is 2. The van der Waals surface area contributed by atoms with Gasteiger partial charge in [0.05, 0.1) is 18.7 Å². The van der Waals surface area contributed by atoms with E-state index in [-0.39, 0.29) is 17.1 Å². The predicted octanol–water partition coefficient (Wildman–Crippen LogP) is 5.80. The maximum atomic E-state index is 13.6. The van der Waals surface area contributed by atoms with E-state index in [9.17, 15) is 9.59 Å². The molecule has 2 aromatic rings. The van der Waals surface area contributed by atoms with Crippen molar-refractivity contribution < 1.29 is 14.3 Å². The number of nitrogens with zero attached hydrogens (tertiary/aromatic N) is 1. The number of hydrogen-bond acceptors (Lipinski definition) is 4. The van der Waals surface area contributed by atoms with Crippen LogP contribution in [-0.2, 0) is 9.59 Å². The number of benzene rings is 2. The lowest BCUT2D eigenvalue weighted by atomic mass is 9.63. The summed E-state index contributed by atoms with van der Waals surface area (Å²) in [7, 11) is 1.56. The Balaban J connectivity index is 1.82. The summed E-state index contributed by atoms with van der Waals surface area (Å²) in [5.41, 5.74) is 3.22. The molecule has 1 N–H and O–H groups in total. The van der Waals surface area contributed by atoms with Crippen LogP contribution >= 0.6 is 11.6 Å². The van der Waals surface area contributed by atoms with Gasteiger partial charge in [-0.3, -0.25) is 14.6 Å². The van der Waals surface area contributed by atoms with Crippen LogP contribution in [-0.4, -0.2) is 24.5 Å². The van der Waals surface area contributed by atoms with Crippen LogP contribution in [0.4, 0.5) is 5.69 Å². The molecule has 0 saturated heterocycles. The lowest BCUT2D eigenvalue weighted by Crippen LogP contribution is -2.44. The van der Waals surface area contributed by atoms with Gasteiger partial charge in [0.1, 0.15) is 11.5 Å². The van der Waals surface area contributed by atoms with E-state index in [1.54, 1.807) is 25.3 Å². The van der Waals surface area contributed by atoms with Gasteiger partial charge in [-0.15, -0.1) is 0 Å². The van der Waals surface area contributed by atoms with E-state index in [4.69, 9.17) is 21.3 Å². The van der Waals surface area contributed by atoms with E-state index in [0.29, 0.717) is 34.2 Å². The topological polar surface area (TPSA) is 67.8 Å². The molecule has 4 rings (SSSR count). The zero-order valence-corrected chi connectivity index (χ0v) is 19.5. The second kappa shape index (κ2) is 8.55. The molecule has 5 nitrogen and oxygen atoms in total. The highest BCUT2D eigenvalue weighted by Crippen LogP contribution is 2.47. The molecule has 0 bridgehead atoms.